The summed E-state index contributed by atoms with van der Waals surface area (Å²) < 4.78 is 13.3. The summed E-state index contributed by atoms with van der Waals surface area (Å²) in [5.74, 6) is 1.81. The number of rotatable bonds is 4. The van der Waals surface area contributed by atoms with E-state index in [-0.39, 0.29) is 0 Å². The number of fused-ring (bicyclic) bond motifs is 1. The molecular weight excluding hydrogens is 222 g/mol. The summed E-state index contributed by atoms with van der Waals surface area (Å²) in [6.45, 7) is 2.58. The maximum Gasteiger partial charge on any atom is 0.201 e. The molecule has 4 nitrogen and oxygen atoms in total. The fourth-order valence-electron chi connectivity index (χ4n) is 1.67. The number of imidazole rings is 1. The van der Waals surface area contributed by atoms with Crippen LogP contribution in [0.4, 0.5) is 5.95 Å². The molecule has 0 fully saturated rings. The zero-order valence-corrected chi connectivity index (χ0v) is 10.0. The van der Waals surface area contributed by atoms with Crippen LogP contribution in [-0.2, 0) is 17.3 Å². The number of nitrogen functional groups attached to an aromatic ring is 1. The highest BCUT2D eigenvalue weighted by molar-refractivity contribution is 7.84. The topological polar surface area (TPSA) is 60.9 Å². The van der Waals surface area contributed by atoms with Gasteiger partial charge >= 0.3 is 0 Å². The van der Waals surface area contributed by atoms with Gasteiger partial charge in [-0.2, -0.15) is 0 Å². The predicted molar refractivity (Wildman–Crippen MR) is 67.7 cm³/mol. The van der Waals surface area contributed by atoms with Crippen molar-refractivity contribution in [3.63, 3.8) is 0 Å². The molecule has 1 aromatic carbocycles. The van der Waals surface area contributed by atoms with E-state index in [2.05, 4.69) is 4.98 Å². The van der Waals surface area contributed by atoms with Gasteiger partial charge in [-0.25, -0.2) is 4.98 Å². The first-order chi connectivity index (χ1) is 7.72. The number of hydrogen-bond acceptors (Lipinski definition) is 3. The molecule has 1 heterocycles. The maximum absolute atomic E-state index is 11.4. The first-order valence-corrected chi connectivity index (χ1v) is 6.77. The third kappa shape index (κ3) is 2.09. The lowest BCUT2D eigenvalue weighted by Crippen LogP contribution is -2.11. The molecule has 2 N–H and O–H groups in total. The summed E-state index contributed by atoms with van der Waals surface area (Å²) in [4.78, 5) is 4.26. The Hall–Kier alpha value is -1.36. The Morgan fingerprint density at radius 3 is 2.94 bits per heavy atom. The molecular formula is C11H15N3OS. The van der Waals surface area contributed by atoms with Crippen LogP contribution in [0.5, 0.6) is 0 Å². The summed E-state index contributed by atoms with van der Waals surface area (Å²) in [6.07, 6.45) is 0. The molecule has 1 atom stereocenters. The standard InChI is InChI=1S/C11H15N3OS/c1-2-16(15)8-7-14-10-6-4-3-5-9(10)13-11(14)12/h3-6H,2,7-8H2,1H3,(H2,12,13). The second-order valence-electron chi connectivity index (χ2n) is 3.54. The molecule has 0 amide bonds. The number of nitrogens with zero attached hydrogens (tertiary/aromatic N) is 2. The maximum atomic E-state index is 11.4. The molecule has 0 saturated heterocycles. The van der Waals surface area contributed by atoms with Crippen LogP contribution in [0, 0.1) is 0 Å². The van der Waals surface area contributed by atoms with Crippen molar-refractivity contribution in [3.05, 3.63) is 24.3 Å². The summed E-state index contributed by atoms with van der Waals surface area (Å²) in [7, 11) is -0.767. The van der Waals surface area contributed by atoms with Gasteiger partial charge in [-0.1, -0.05) is 19.1 Å². The van der Waals surface area contributed by atoms with E-state index in [1.165, 1.54) is 0 Å². The molecule has 2 rings (SSSR count). The van der Waals surface area contributed by atoms with Crippen molar-refractivity contribution >= 4 is 27.8 Å². The summed E-state index contributed by atoms with van der Waals surface area (Å²) in [5.41, 5.74) is 7.73. The van der Waals surface area contributed by atoms with Gasteiger partial charge in [0.2, 0.25) is 5.95 Å². The Morgan fingerprint density at radius 1 is 1.44 bits per heavy atom. The van der Waals surface area contributed by atoms with Crippen molar-refractivity contribution in [1.29, 1.82) is 0 Å². The fourth-order valence-corrected chi connectivity index (χ4v) is 2.34. The van der Waals surface area contributed by atoms with E-state index >= 15 is 0 Å². The van der Waals surface area contributed by atoms with Crippen molar-refractivity contribution in [2.45, 2.75) is 13.5 Å². The van der Waals surface area contributed by atoms with Gasteiger partial charge in [0.05, 0.1) is 11.0 Å². The van der Waals surface area contributed by atoms with Crippen LogP contribution in [0.25, 0.3) is 11.0 Å². The minimum atomic E-state index is -0.767. The van der Waals surface area contributed by atoms with E-state index in [1.807, 2.05) is 35.8 Å². The van der Waals surface area contributed by atoms with E-state index in [9.17, 15) is 4.21 Å². The van der Waals surface area contributed by atoms with Gasteiger partial charge in [0.15, 0.2) is 0 Å². The van der Waals surface area contributed by atoms with E-state index < -0.39 is 10.8 Å². The Morgan fingerprint density at radius 2 is 2.19 bits per heavy atom. The van der Waals surface area contributed by atoms with Crippen LogP contribution >= 0.6 is 0 Å². The van der Waals surface area contributed by atoms with Gasteiger partial charge in [0.25, 0.3) is 0 Å². The van der Waals surface area contributed by atoms with Gasteiger partial charge in [-0.15, -0.1) is 0 Å². The molecule has 5 heteroatoms. The van der Waals surface area contributed by atoms with Gasteiger partial charge in [-0.05, 0) is 12.1 Å². The van der Waals surface area contributed by atoms with Crippen LogP contribution in [0.2, 0.25) is 0 Å². The van der Waals surface area contributed by atoms with E-state index in [1.54, 1.807) is 0 Å². The molecule has 2 aromatic rings. The molecule has 86 valence electrons. The highest BCUT2D eigenvalue weighted by Crippen LogP contribution is 2.16. The predicted octanol–water partition coefficient (Wildman–Crippen LogP) is 1.39. The molecule has 0 bridgehead atoms. The lowest BCUT2D eigenvalue weighted by atomic mass is 10.3. The molecule has 0 radical (unpaired) electrons. The van der Waals surface area contributed by atoms with Crippen LogP contribution < -0.4 is 5.73 Å². The number of para-hydroxylation sites is 2. The molecule has 0 saturated carbocycles. The average molecular weight is 237 g/mol. The number of hydrogen-bond donors (Lipinski definition) is 1. The first kappa shape index (κ1) is 11.1. The smallest absolute Gasteiger partial charge is 0.201 e. The minimum Gasteiger partial charge on any atom is -0.369 e. The first-order valence-electron chi connectivity index (χ1n) is 5.28. The van der Waals surface area contributed by atoms with Gasteiger partial charge < -0.3 is 10.3 Å². The molecule has 16 heavy (non-hydrogen) atoms. The Labute approximate surface area is 96.9 Å². The zero-order valence-electron chi connectivity index (χ0n) is 9.22. The van der Waals surface area contributed by atoms with Crippen LogP contribution in [0.1, 0.15) is 6.92 Å². The third-order valence-electron chi connectivity index (χ3n) is 2.55. The second kappa shape index (κ2) is 4.65. The Bertz CT molecular complexity index is 521. The van der Waals surface area contributed by atoms with Gasteiger partial charge in [0, 0.05) is 28.9 Å². The van der Waals surface area contributed by atoms with Crippen LogP contribution in [0.15, 0.2) is 24.3 Å². The lowest BCUT2D eigenvalue weighted by Gasteiger charge is -2.05. The average Bonchev–Trinajstić information content (AvgIpc) is 2.62. The van der Waals surface area contributed by atoms with Gasteiger partial charge in [-0.3, -0.25) is 4.21 Å². The summed E-state index contributed by atoms with van der Waals surface area (Å²) in [5, 5.41) is 0. The zero-order chi connectivity index (χ0) is 11.5. The molecule has 0 aliphatic heterocycles. The summed E-state index contributed by atoms with van der Waals surface area (Å²) in [6, 6.07) is 7.80. The minimum absolute atomic E-state index is 0.495. The van der Waals surface area contributed by atoms with Crippen LogP contribution in [-0.4, -0.2) is 25.3 Å². The monoisotopic (exact) mass is 237 g/mol. The molecule has 0 aliphatic carbocycles. The van der Waals surface area contributed by atoms with E-state index in [0.29, 0.717) is 24.0 Å². The van der Waals surface area contributed by atoms with Crippen molar-refractivity contribution < 1.29 is 4.21 Å². The molecule has 0 aliphatic rings. The lowest BCUT2D eigenvalue weighted by molar-refractivity contribution is 0.677. The number of nitrogens with two attached hydrogens (primary N) is 1. The van der Waals surface area contributed by atoms with Crippen LogP contribution in [0.3, 0.4) is 0 Å². The Kier molecular flexibility index (Phi) is 3.24. The Balaban J connectivity index is 2.29. The molecule has 0 spiro atoms. The van der Waals surface area contributed by atoms with E-state index in [0.717, 1.165) is 11.0 Å². The quantitative estimate of drug-likeness (QED) is 0.874. The number of aromatic nitrogens is 2. The van der Waals surface area contributed by atoms with Crippen molar-refractivity contribution in [1.82, 2.24) is 9.55 Å². The van der Waals surface area contributed by atoms with E-state index in [4.69, 9.17) is 5.73 Å². The normalized spacial score (nSPS) is 13.1. The SMILES string of the molecule is CCS(=O)CCn1c(N)nc2ccccc21. The highest BCUT2D eigenvalue weighted by Gasteiger charge is 2.07. The second-order valence-corrected chi connectivity index (χ2v) is 5.41. The number of benzene rings is 1. The molecule has 1 unspecified atom stereocenters. The van der Waals surface area contributed by atoms with Crippen molar-refractivity contribution in [2.24, 2.45) is 0 Å². The largest absolute Gasteiger partial charge is 0.369 e. The highest BCUT2D eigenvalue weighted by atomic mass is 32.2. The van der Waals surface area contributed by atoms with Crippen molar-refractivity contribution in [3.8, 4) is 0 Å². The van der Waals surface area contributed by atoms with Crippen molar-refractivity contribution in [2.75, 3.05) is 17.2 Å². The third-order valence-corrected chi connectivity index (χ3v) is 3.83. The van der Waals surface area contributed by atoms with Gasteiger partial charge in [0.1, 0.15) is 0 Å². The number of aryl methyl sites for hydroxylation is 1. The summed E-state index contributed by atoms with van der Waals surface area (Å²) >= 11 is 0. The fraction of sp³-hybridized carbons (Fsp3) is 0.364. The number of anilines is 1. The molecule has 1 aromatic heterocycles.